The lowest BCUT2D eigenvalue weighted by Gasteiger charge is -2.03. The topological polar surface area (TPSA) is 89.8 Å². The Morgan fingerprint density at radius 3 is 2.63 bits per heavy atom. The van der Waals surface area contributed by atoms with E-state index >= 15 is 0 Å². The summed E-state index contributed by atoms with van der Waals surface area (Å²) in [5.74, 6) is 0.0485. The third kappa shape index (κ3) is 3.04. The first-order valence-electron chi connectivity index (χ1n) is 5.33. The van der Waals surface area contributed by atoms with Gasteiger partial charge in [-0.05, 0) is 25.3 Å². The van der Waals surface area contributed by atoms with Crippen molar-refractivity contribution in [1.29, 1.82) is 0 Å². The molecule has 19 heavy (non-hydrogen) atoms. The normalized spacial score (nSPS) is 11.5. The molecule has 0 aliphatic rings. The van der Waals surface area contributed by atoms with Crippen LogP contribution in [-0.2, 0) is 17.1 Å². The maximum atomic E-state index is 12.1. The second-order valence-electron chi connectivity index (χ2n) is 3.79. The van der Waals surface area contributed by atoms with E-state index in [9.17, 15) is 8.42 Å². The Labute approximate surface area is 115 Å². The van der Waals surface area contributed by atoms with Crippen LogP contribution in [0.3, 0.4) is 0 Å². The lowest BCUT2D eigenvalue weighted by Crippen LogP contribution is -2.14. The first-order chi connectivity index (χ1) is 8.92. The summed E-state index contributed by atoms with van der Waals surface area (Å²) in [7, 11) is -2.00. The molecule has 0 aliphatic heterocycles. The van der Waals surface area contributed by atoms with Crippen LogP contribution in [0, 0.1) is 6.92 Å². The zero-order chi connectivity index (χ0) is 14.0. The van der Waals surface area contributed by atoms with Crippen molar-refractivity contribution in [2.24, 2.45) is 7.05 Å². The van der Waals surface area contributed by atoms with Crippen LogP contribution in [-0.4, -0.2) is 34.4 Å². The molecule has 7 nitrogen and oxygen atoms in total. The number of pyridine rings is 1. The number of hydrogen-bond donors (Lipinski definition) is 1. The minimum absolute atomic E-state index is 0.0485. The highest BCUT2D eigenvalue weighted by molar-refractivity contribution is 7.98. The van der Waals surface area contributed by atoms with E-state index in [-0.39, 0.29) is 10.8 Å². The van der Waals surface area contributed by atoms with Crippen molar-refractivity contribution in [3.8, 4) is 0 Å². The van der Waals surface area contributed by atoms with Gasteiger partial charge in [0.1, 0.15) is 4.90 Å². The van der Waals surface area contributed by atoms with Crippen LogP contribution in [0.2, 0.25) is 0 Å². The molecule has 0 unspecified atom stereocenters. The van der Waals surface area contributed by atoms with Crippen LogP contribution in [0.5, 0.6) is 0 Å². The van der Waals surface area contributed by atoms with Gasteiger partial charge in [-0.15, -0.1) is 5.10 Å². The molecule has 0 atom stereocenters. The average molecular weight is 299 g/mol. The summed E-state index contributed by atoms with van der Waals surface area (Å²) in [6.45, 7) is 1.79. The van der Waals surface area contributed by atoms with Gasteiger partial charge in [-0.2, -0.15) is 4.98 Å². The zero-order valence-corrected chi connectivity index (χ0v) is 12.3. The third-order valence-corrected chi connectivity index (χ3v) is 4.36. The molecule has 0 aliphatic carbocycles. The Kier molecular flexibility index (Phi) is 3.76. The quantitative estimate of drug-likeness (QED) is 0.848. The molecule has 2 aromatic heterocycles. The SMILES string of the molecule is CSc1nc(NS(=O)(=O)c2ccc(C)nc2)nn1C. The number of nitrogens with zero attached hydrogens (tertiary/aromatic N) is 4. The van der Waals surface area contributed by atoms with E-state index < -0.39 is 10.0 Å². The maximum Gasteiger partial charge on any atom is 0.265 e. The Morgan fingerprint density at radius 2 is 2.11 bits per heavy atom. The molecule has 0 bridgehead atoms. The van der Waals surface area contributed by atoms with Crippen LogP contribution in [0.15, 0.2) is 28.4 Å². The molecule has 0 radical (unpaired) electrons. The Hall–Kier alpha value is -1.61. The van der Waals surface area contributed by atoms with Crippen molar-refractivity contribution in [3.63, 3.8) is 0 Å². The van der Waals surface area contributed by atoms with Crippen molar-refractivity contribution in [2.45, 2.75) is 17.0 Å². The first-order valence-corrected chi connectivity index (χ1v) is 8.03. The molecule has 0 fully saturated rings. The molecule has 0 aromatic carbocycles. The molecule has 0 amide bonds. The van der Waals surface area contributed by atoms with Gasteiger partial charge in [0.15, 0.2) is 5.16 Å². The van der Waals surface area contributed by atoms with Crippen molar-refractivity contribution in [3.05, 3.63) is 24.0 Å². The molecule has 9 heteroatoms. The number of aryl methyl sites for hydroxylation is 2. The van der Waals surface area contributed by atoms with E-state index in [1.807, 2.05) is 6.26 Å². The fraction of sp³-hybridized carbons (Fsp3) is 0.300. The van der Waals surface area contributed by atoms with Gasteiger partial charge >= 0.3 is 0 Å². The van der Waals surface area contributed by atoms with Gasteiger partial charge in [-0.25, -0.2) is 17.8 Å². The van der Waals surface area contributed by atoms with Crippen molar-refractivity contribution in [2.75, 3.05) is 11.0 Å². The monoisotopic (exact) mass is 299 g/mol. The molecule has 0 saturated carbocycles. The average Bonchev–Trinajstić information content (AvgIpc) is 2.69. The van der Waals surface area contributed by atoms with Crippen LogP contribution in [0.4, 0.5) is 5.95 Å². The number of thioether (sulfide) groups is 1. The number of aromatic nitrogens is 4. The van der Waals surface area contributed by atoms with Gasteiger partial charge in [0.25, 0.3) is 16.0 Å². The van der Waals surface area contributed by atoms with Gasteiger partial charge in [-0.3, -0.25) is 4.98 Å². The van der Waals surface area contributed by atoms with E-state index in [4.69, 9.17) is 0 Å². The lowest BCUT2D eigenvalue weighted by molar-refractivity contribution is 0.600. The highest BCUT2D eigenvalue weighted by Crippen LogP contribution is 2.16. The van der Waals surface area contributed by atoms with E-state index in [2.05, 4.69) is 19.8 Å². The van der Waals surface area contributed by atoms with E-state index in [0.29, 0.717) is 5.16 Å². The van der Waals surface area contributed by atoms with Crippen molar-refractivity contribution in [1.82, 2.24) is 19.7 Å². The first kappa shape index (κ1) is 13.8. The molecule has 2 rings (SSSR count). The van der Waals surface area contributed by atoms with E-state index in [0.717, 1.165) is 5.69 Å². The van der Waals surface area contributed by atoms with Crippen LogP contribution in [0.1, 0.15) is 5.69 Å². The summed E-state index contributed by atoms with van der Waals surface area (Å²) in [6.07, 6.45) is 3.14. The van der Waals surface area contributed by atoms with E-state index in [1.54, 1.807) is 20.0 Å². The number of rotatable bonds is 4. The minimum Gasteiger partial charge on any atom is -0.260 e. The standard InChI is InChI=1S/C10H13N5O2S2/c1-7-4-5-8(6-11-7)19(16,17)14-9-12-10(18-3)15(2)13-9/h4-6H,1-3H3,(H,13,14). The van der Waals surface area contributed by atoms with Gasteiger partial charge < -0.3 is 0 Å². The van der Waals surface area contributed by atoms with Gasteiger partial charge in [0.2, 0.25) is 0 Å². The largest absolute Gasteiger partial charge is 0.265 e. The zero-order valence-electron chi connectivity index (χ0n) is 10.7. The molecule has 2 heterocycles. The number of hydrogen-bond acceptors (Lipinski definition) is 6. The van der Waals surface area contributed by atoms with E-state index in [1.165, 1.54) is 28.7 Å². The Balaban J connectivity index is 2.28. The fourth-order valence-corrected chi connectivity index (χ4v) is 2.75. The highest BCUT2D eigenvalue weighted by atomic mass is 32.2. The van der Waals surface area contributed by atoms with Crippen LogP contribution in [0.25, 0.3) is 0 Å². The minimum atomic E-state index is -3.70. The molecule has 102 valence electrons. The summed E-state index contributed by atoms with van der Waals surface area (Å²) in [5.41, 5.74) is 0.750. The number of anilines is 1. The smallest absolute Gasteiger partial charge is 0.260 e. The van der Waals surface area contributed by atoms with Crippen molar-refractivity contribution < 1.29 is 8.42 Å². The van der Waals surface area contributed by atoms with Gasteiger partial charge in [0, 0.05) is 18.9 Å². The summed E-state index contributed by atoms with van der Waals surface area (Å²) in [6, 6.07) is 3.12. The molecular weight excluding hydrogens is 286 g/mol. The molecule has 2 aromatic rings. The van der Waals surface area contributed by atoms with Crippen LogP contribution >= 0.6 is 11.8 Å². The summed E-state index contributed by atoms with van der Waals surface area (Å²) in [4.78, 5) is 8.10. The van der Waals surface area contributed by atoms with Gasteiger partial charge in [0.05, 0.1) is 0 Å². The Morgan fingerprint density at radius 1 is 1.37 bits per heavy atom. The summed E-state index contributed by atoms with van der Waals surface area (Å²) < 4.78 is 28.0. The third-order valence-electron chi connectivity index (χ3n) is 2.33. The second-order valence-corrected chi connectivity index (χ2v) is 6.24. The number of sulfonamides is 1. The Bertz CT molecular complexity index is 678. The maximum absolute atomic E-state index is 12.1. The predicted molar refractivity (Wildman–Crippen MR) is 72.6 cm³/mol. The van der Waals surface area contributed by atoms with Crippen molar-refractivity contribution >= 4 is 27.7 Å². The predicted octanol–water partition coefficient (Wildman–Crippen LogP) is 1.04. The number of nitrogens with one attached hydrogen (secondary N) is 1. The molecule has 0 spiro atoms. The molecule has 0 saturated heterocycles. The summed E-state index contributed by atoms with van der Waals surface area (Å²) >= 11 is 1.38. The molecular formula is C10H13N5O2S2. The second kappa shape index (κ2) is 5.17. The fourth-order valence-electron chi connectivity index (χ4n) is 1.38. The lowest BCUT2D eigenvalue weighted by atomic mass is 10.4. The van der Waals surface area contributed by atoms with Crippen LogP contribution < -0.4 is 4.72 Å². The molecule has 1 N–H and O–H groups in total. The van der Waals surface area contributed by atoms with Gasteiger partial charge in [-0.1, -0.05) is 11.8 Å². The highest BCUT2D eigenvalue weighted by Gasteiger charge is 2.17. The summed E-state index contributed by atoms with van der Waals surface area (Å²) in [5, 5.41) is 4.61.